The fourth-order valence-electron chi connectivity index (χ4n) is 3.30. The van der Waals surface area contributed by atoms with Crippen LogP contribution in [0.3, 0.4) is 0 Å². The Balaban J connectivity index is 1.68. The minimum atomic E-state index is -0.573. The first kappa shape index (κ1) is 20.1. The van der Waals surface area contributed by atoms with E-state index in [1.807, 2.05) is 19.9 Å². The Bertz CT molecular complexity index is 1290. The molecule has 2 amide bonds. The van der Waals surface area contributed by atoms with Crippen LogP contribution in [0.15, 0.2) is 45.3 Å². The zero-order chi connectivity index (χ0) is 22.1. The van der Waals surface area contributed by atoms with Crippen molar-refractivity contribution < 1.29 is 23.3 Å². The molecule has 0 radical (unpaired) electrons. The highest BCUT2D eigenvalue weighted by Crippen LogP contribution is 2.31. The standard InChI is InChI=1S/C22H20N4O5/c1-11-9-16(13(3)30-11)18-10-17(19-12(2)26-31-21(19)25-18)20(27)23-14-5-7-15(8-6-14)24-22(28)29-4/h5-10H,1-4H3,(H,23,27)(H,24,28). The van der Waals surface area contributed by atoms with Gasteiger partial charge in [-0.1, -0.05) is 5.16 Å². The van der Waals surface area contributed by atoms with E-state index in [1.54, 1.807) is 37.3 Å². The van der Waals surface area contributed by atoms with E-state index in [2.05, 4.69) is 25.5 Å². The van der Waals surface area contributed by atoms with Gasteiger partial charge in [-0.25, -0.2) is 9.78 Å². The Morgan fingerprint density at radius 2 is 1.68 bits per heavy atom. The number of ether oxygens (including phenoxy) is 1. The van der Waals surface area contributed by atoms with Gasteiger partial charge in [0.05, 0.1) is 29.4 Å². The average molecular weight is 420 g/mol. The Morgan fingerprint density at radius 3 is 2.29 bits per heavy atom. The van der Waals surface area contributed by atoms with Crippen LogP contribution in [-0.4, -0.2) is 29.3 Å². The zero-order valence-corrected chi connectivity index (χ0v) is 17.4. The van der Waals surface area contributed by atoms with Crippen molar-refractivity contribution in [2.24, 2.45) is 0 Å². The van der Waals surface area contributed by atoms with Crippen LogP contribution >= 0.6 is 0 Å². The van der Waals surface area contributed by atoms with E-state index in [4.69, 9.17) is 8.94 Å². The van der Waals surface area contributed by atoms with Gasteiger partial charge in [-0.05, 0) is 57.2 Å². The number of carbonyl (C=O) groups is 2. The van der Waals surface area contributed by atoms with E-state index in [1.165, 1.54) is 7.11 Å². The van der Waals surface area contributed by atoms with Gasteiger partial charge >= 0.3 is 6.09 Å². The SMILES string of the molecule is COC(=O)Nc1ccc(NC(=O)c2cc(-c3cc(C)oc3C)nc3onc(C)c23)cc1. The molecule has 4 aromatic rings. The highest BCUT2D eigenvalue weighted by molar-refractivity contribution is 6.13. The molecule has 0 fully saturated rings. The number of carbonyl (C=O) groups excluding carboxylic acids is 2. The number of pyridine rings is 1. The van der Waals surface area contributed by atoms with Crippen LogP contribution in [0, 0.1) is 20.8 Å². The Morgan fingerprint density at radius 1 is 1.00 bits per heavy atom. The number of aromatic nitrogens is 2. The molecule has 9 nitrogen and oxygen atoms in total. The van der Waals surface area contributed by atoms with Crippen LogP contribution in [0.1, 0.15) is 27.6 Å². The second kappa shape index (κ2) is 7.94. The van der Waals surface area contributed by atoms with E-state index in [-0.39, 0.29) is 11.6 Å². The van der Waals surface area contributed by atoms with Gasteiger partial charge in [0, 0.05) is 16.9 Å². The molecule has 9 heteroatoms. The van der Waals surface area contributed by atoms with E-state index < -0.39 is 6.09 Å². The van der Waals surface area contributed by atoms with Crippen LogP contribution in [0.2, 0.25) is 0 Å². The number of fused-ring (bicyclic) bond motifs is 1. The van der Waals surface area contributed by atoms with Crippen LogP contribution in [0.25, 0.3) is 22.4 Å². The summed E-state index contributed by atoms with van der Waals surface area (Å²) in [5.74, 6) is 1.10. The first-order valence-electron chi connectivity index (χ1n) is 9.46. The van der Waals surface area contributed by atoms with Crippen LogP contribution in [0.4, 0.5) is 16.2 Å². The molecule has 31 heavy (non-hydrogen) atoms. The smallest absolute Gasteiger partial charge is 0.411 e. The van der Waals surface area contributed by atoms with Crippen molar-refractivity contribution in [3.05, 3.63) is 59.2 Å². The molecule has 0 saturated heterocycles. The average Bonchev–Trinajstić information content (AvgIpc) is 3.29. The molecule has 4 rings (SSSR count). The summed E-state index contributed by atoms with van der Waals surface area (Å²) in [4.78, 5) is 29.0. The summed E-state index contributed by atoms with van der Waals surface area (Å²) >= 11 is 0. The molecule has 1 aromatic carbocycles. The Kier molecular flexibility index (Phi) is 5.16. The zero-order valence-electron chi connectivity index (χ0n) is 17.4. The lowest BCUT2D eigenvalue weighted by Crippen LogP contribution is -2.14. The van der Waals surface area contributed by atoms with Gasteiger partial charge in [0.2, 0.25) is 0 Å². The number of hydrogen-bond donors (Lipinski definition) is 2. The maximum Gasteiger partial charge on any atom is 0.411 e. The third kappa shape index (κ3) is 3.97. The summed E-state index contributed by atoms with van der Waals surface area (Å²) in [6.45, 7) is 5.44. The van der Waals surface area contributed by atoms with Crippen LogP contribution in [0.5, 0.6) is 0 Å². The Labute approximate surface area is 177 Å². The van der Waals surface area contributed by atoms with Crippen molar-refractivity contribution in [3.8, 4) is 11.3 Å². The molecular formula is C22H20N4O5. The predicted octanol–water partition coefficient (Wildman–Crippen LogP) is 4.84. The van der Waals surface area contributed by atoms with Crippen LogP contribution in [-0.2, 0) is 4.74 Å². The van der Waals surface area contributed by atoms with Crippen molar-refractivity contribution >= 4 is 34.5 Å². The number of nitrogens with zero attached hydrogens (tertiary/aromatic N) is 2. The van der Waals surface area contributed by atoms with E-state index in [9.17, 15) is 9.59 Å². The fraction of sp³-hybridized carbons (Fsp3) is 0.182. The summed E-state index contributed by atoms with van der Waals surface area (Å²) in [6.07, 6.45) is -0.573. The van der Waals surface area contributed by atoms with Crippen molar-refractivity contribution in [2.75, 3.05) is 17.7 Å². The van der Waals surface area contributed by atoms with Crippen molar-refractivity contribution in [2.45, 2.75) is 20.8 Å². The molecule has 0 bridgehead atoms. The number of anilines is 2. The molecule has 0 saturated carbocycles. The minimum Gasteiger partial charge on any atom is -0.466 e. The topological polar surface area (TPSA) is 119 Å². The number of amides is 2. The lowest BCUT2D eigenvalue weighted by Gasteiger charge is -2.09. The lowest BCUT2D eigenvalue weighted by molar-refractivity contribution is 0.102. The quantitative estimate of drug-likeness (QED) is 0.485. The second-order valence-electron chi connectivity index (χ2n) is 6.98. The number of hydrogen-bond acceptors (Lipinski definition) is 7. The van der Waals surface area contributed by atoms with Gasteiger partial charge < -0.3 is 19.0 Å². The molecule has 0 spiro atoms. The summed E-state index contributed by atoms with van der Waals surface area (Å²) in [7, 11) is 1.28. The van der Waals surface area contributed by atoms with Gasteiger partial charge in [-0.15, -0.1) is 0 Å². The predicted molar refractivity (Wildman–Crippen MR) is 114 cm³/mol. The summed E-state index contributed by atoms with van der Waals surface area (Å²) in [5, 5.41) is 9.92. The van der Waals surface area contributed by atoms with E-state index >= 15 is 0 Å². The molecular weight excluding hydrogens is 400 g/mol. The van der Waals surface area contributed by atoms with Gasteiger partial charge in [-0.3, -0.25) is 10.1 Å². The van der Waals surface area contributed by atoms with E-state index in [0.717, 1.165) is 11.3 Å². The number of nitrogens with one attached hydrogen (secondary N) is 2. The molecule has 0 aliphatic heterocycles. The first-order chi connectivity index (χ1) is 14.9. The number of benzene rings is 1. The fourth-order valence-corrected chi connectivity index (χ4v) is 3.30. The third-order valence-electron chi connectivity index (χ3n) is 4.75. The monoisotopic (exact) mass is 420 g/mol. The highest BCUT2D eigenvalue weighted by atomic mass is 16.5. The molecule has 3 aromatic heterocycles. The van der Waals surface area contributed by atoms with Gasteiger partial charge in [-0.2, -0.15) is 0 Å². The third-order valence-corrected chi connectivity index (χ3v) is 4.75. The molecule has 2 N–H and O–H groups in total. The molecule has 0 atom stereocenters. The van der Waals surface area contributed by atoms with Gasteiger partial charge in [0.1, 0.15) is 11.5 Å². The number of aryl methyl sites for hydroxylation is 3. The molecule has 3 heterocycles. The lowest BCUT2D eigenvalue weighted by atomic mass is 10.1. The molecule has 158 valence electrons. The maximum absolute atomic E-state index is 13.1. The highest BCUT2D eigenvalue weighted by Gasteiger charge is 2.21. The maximum atomic E-state index is 13.1. The largest absolute Gasteiger partial charge is 0.466 e. The van der Waals surface area contributed by atoms with Gasteiger partial charge in [0.25, 0.3) is 11.6 Å². The first-order valence-corrected chi connectivity index (χ1v) is 9.46. The van der Waals surface area contributed by atoms with Crippen molar-refractivity contribution in [3.63, 3.8) is 0 Å². The normalized spacial score (nSPS) is 10.8. The minimum absolute atomic E-state index is 0.274. The Hall–Kier alpha value is -4.14. The summed E-state index contributed by atoms with van der Waals surface area (Å²) < 4.78 is 15.5. The number of furan rings is 1. The van der Waals surface area contributed by atoms with Crippen molar-refractivity contribution in [1.82, 2.24) is 10.1 Å². The van der Waals surface area contributed by atoms with E-state index in [0.29, 0.717) is 39.5 Å². The number of methoxy groups -OCH3 is 1. The molecule has 0 unspecified atom stereocenters. The second-order valence-corrected chi connectivity index (χ2v) is 6.98. The van der Waals surface area contributed by atoms with Crippen molar-refractivity contribution in [1.29, 1.82) is 0 Å². The molecule has 0 aliphatic carbocycles. The summed E-state index contributed by atoms with van der Waals surface area (Å²) in [6, 6.07) is 10.2. The summed E-state index contributed by atoms with van der Waals surface area (Å²) in [5.41, 5.74) is 3.65. The number of rotatable bonds is 4. The molecule has 0 aliphatic rings. The van der Waals surface area contributed by atoms with Gasteiger partial charge in [0.15, 0.2) is 0 Å². The van der Waals surface area contributed by atoms with Crippen LogP contribution < -0.4 is 10.6 Å².